The first-order valence-electron chi connectivity index (χ1n) is 5.01. The monoisotopic (exact) mass is 226 g/mol. The molecule has 1 N–H and O–H groups in total. The fourth-order valence-corrected chi connectivity index (χ4v) is 2.67. The summed E-state index contributed by atoms with van der Waals surface area (Å²) in [5, 5.41) is 10.1. The van der Waals surface area contributed by atoms with Crippen LogP contribution >= 0.6 is 0 Å². The third-order valence-electron chi connectivity index (χ3n) is 1.68. The van der Waals surface area contributed by atoms with Gasteiger partial charge in [-0.1, -0.05) is 51.3 Å². The average molecular weight is 226 g/mol. The molecule has 0 fully saturated rings. The average Bonchev–Trinajstić information content (AvgIpc) is 1.93. The van der Waals surface area contributed by atoms with Crippen LogP contribution in [0, 0.1) is 11.5 Å². The van der Waals surface area contributed by atoms with E-state index in [9.17, 15) is 0 Å². The van der Waals surface area contributed by atoms with Gasteiger partial charge in [-0.25, -0.2) is 0 Å². The molecule has 0 atom stereocenters. The number of aliphatic hydroxyl groups is 1. The second-order valence-corrected chi connectivity index (χ2v) is 15.3. The minimum atomic E-state index is -1.36. The molecule has 0 amide bonds. The zero-order valence-corrected chi connectivity index (χ0v) is 12.2. The molecule has 0 saturated carbocycles. The van der Waals surface area contributed by atoms with Gasteiger partial charge in [0.2, 0.25) is 0 Å². The minimum Gasteiger partial charge on any atom is -0.392 e. The molecule has 0 aliphatic heterocycles. The quantitative estimate of drug-likeness (QED) is 0.567. The normalized spacial score (nSPS) is 13.5. The van der Waals surface area contributed by atoms with Gasteiger partial charge in [-0.2, -0.15) is 0 Å². The molecule has 0 radical (unpaired) electrons. The second-order valence-electron chi connectivity index (χ2n) is 5.55. The molecule has 0 aromatic rings. The van der Waals surface area contributed by atoms with E-state index in [1.54, 1.807) is 0 Å². The molecule has 0 spiro atoms. The van der Waals surface area contributed by atoms with E-state index in [0.29, 0.717) is 0 Å². The smallest absolute Gasteiger partial charge is 0.129 e. The lowest BCUT2D eigenvalue weighted by molar-refractivity contribution is 0.342. The maximum atomic E-state index is 8.92. The molecule has 0 aliphatic rings. The molecule has 0 aliphatic carbocycles. The van der Waals surface area contributed by atoms with Crippen molar-refractivity contribution in [2.45, 2.75) is 39.3 Å². The van der Waals surface area contributed by atoms with Gasteiger partial charge in [0.1, 0.15) is 8.07 Å². The summed E-state index contributed by atoms with van der Waals surface area (Å²) in [6.07, 6.45) is 1.87. The van der Waals surface area contributed by atoms with Crippen LogP contribution in [0.4, 0.5) is 0 Å². The van der Waals surface area contributed by atoms with Crippen LogP contribution in [0.1, 0.15) is 0 Å². The zero-order chi connectivity index (χ0) is 11.4. The summed E-state index contributed by atoms with van der Waals surface area (Å²) < 4.78 is 0. The molecular weight excluding hydrogens is 204 g/mol. The Morgan fingerprint density at radius 2 is 1.64 bits per heavy atom. The predicted molar refractivity (Wildman–Crippen MR) is 69.6 cm³/mol. The van der Waals surface area contributed by atoms with Crippen molar-refractivity contribution in [1.29, 1.82) is 0 Å². The molecule has 0 unspecified atom stereocenters. The lowest BCUT2D eigenvalue weighted by Gasteiger charge is -2.16. The molecule has 0 aromatic heterocycles. The Balaban J connectivity index is 4.88. The Morgan fingerprint density at radius 1 is 1.14 bits per heavy atom. The van der Waals surface area contributed by atoms with Gasteiger partial charge >= 0.3 is 0 Å². The topological polar surface area (TPSA) is 20.2 Å². The van der Waals surface area contributed by atoms with Gasteiger partial charge in [-0.05, 0) is 5.20 Å². The number of rotatable bonds is 2. The Labute approximate surface area is 90.3 Å². The highest BCUT2D eigenvalue weighted by molar-refractivity contribution is 6.86. The van der Waals surface area contributed by atoms with Crippen LogP contribution in [0.2, 0.25) is 39.3 Å². The summed E-state index contributed by atoms with van der Waals surface area (Å²) in [6.45, 7) is 13.6. The first-order chi connectivity index (χ1) is 6.17. The van der Waals surface area contributed by atoms with Gasteiger partial charge in [0.15, 0.2) is 0 Å². The van der Waals surface area contributed by atoms with Crippen LogP contribution in [-0.2, 0) is 0 Å². The van der Waals surface area contributed by atoms with E-state index in [1.165, 1.54) is 5.20 Å². The summed E-state index contributed by atoms with van der Waals surface area (Å²) in [5.74, 6) is 3.28. The van der Waals surface area contributed by atoms with E-state index in [2.05, 4.69) is 50.7 Å². The van der Waals surface area contributed by atoms with Crippen LogP contribution in [0.3, 0.4) is 0 Å². The van der Waals surface area contributed by atoms with Gasteiger partial charge < -0.3 is 5.11 Å². The maximum Gasteiger partial charge on any atom is 0.129 e. The molecule has 1 nitrogen and oxygen atoms in total. The lowest BCUT2D eigenvalue weighted by Crippen LogP contribution is -2.24. The first-order valence-corrected chi connectivity index (χ1v) is 12.0. The van der Waals surface area contributed by atoms with Gasteiger partial charge in [0.05, 0.1) is 14.7 Å². The molecule has 0 aromatic carbocycles. The molecule has 0 bridgehead atoms. The minimum absolute atomic E-state index is 0.111. The van der Waals surface area contributed by atoms with Crippen molar-refractivity contribution in [1.82, 2.24) is 0 Å². The molecule has 0 rings (SSSR count). The fraction of sp³-hybridized carbons (Fsp3) is 0.636. The highest BCUT2D eigenvalue weighted by Gasteiger charge is 2.18. The molecule has 0 saturated heterocycles. The fourth-order valence-electron chi connectivity index (χ4n) is 0.891. The molecular formula is C11H22OSi2. The van der Waals surface area contributed by atoms with Crippen molar-refractivity contribution in [2.75, 3.05) is 6.61 Å². The number of hydrogen-bond acceptors (Lipinski definition) is 1. The van der Waals surface area contributed by atoms with Crippen molar-refractivity contribution >= 4 is 16.1 Å². The van der Waals surface area contributed by atoms with Gasteiger partial charge in [-0.3, -0.25) is 0 Å². The van der Waals surface area contributed by atoms with Gasteiger partial charge in [0, 0.05) is 0 Å². The van der Waals surface area contributed by atoms with E-state index in [4.69, 9.17) is 5.11 Å². The van der Waals surface area contributed by atoms with Crippen LogP contribution < -0.4 is 0 Å². The van der Waals surface area contributed by atoms with Crippen molar-refractivity contribution in [3.05, 3.63) is 11.3 Å². The van der Waals surface area contributed by atoms with Gasteiger partial charge in [-0.15, -0.1) is 5.54 Å². The maximum absolute atomic E-state index is 8.92. The Morgan fingerprint density at radius 3 is 1.93 bits per heavy atom. The van der Waals surface area contributed by atoms with Crippen molar-refractivity contribution in [3.63, 3.8) is 0 Å². The van der Waals surface area contributed by atoms with E-state index < -0.39 is 16.1 Å². The molecule has 14 heavy (non-hydrogen) atoms. The van der Waals surface area contributed by atoms with Crippen molar-refractivity contribution < 1.29 is 5.11 Å². The van der Waals surface area contributed by atoms with Crippen molar-refractivity contribution in [2.24, 2.45) is 0 Å². The summed E-state index contributed by atoms with van der Waals surface area (Å²) in [6, 6.07) is 0. The highest BCUT2D eigenvalue weighted by Crippen LogP contribution is 2.13. The van der Waals surface area contributed by atoms with Crippen LogP contribution in [0.25, 0.3) is 0 Å². The third kappa shape index (κ3) is 6.19. The van der Waals surface area contributed by atoms with Gasteiger partial charge in [0.25, 0.3) is 0 Å². The molecule has 80 valence electrons. The Bertz CT molecular complexity index is 268. The van der Waals surface area contributed by atoms with Crippen molar-refractivity contribution in [3.8, 4) is 11.5 Å². The SMILES string of the molecule is C[Si](C)(C)C#C/C(=C/CO)[Si](C)(C)C. The first kappa shape index (κ1) is 13.7. The Kier molecular flexibility index (Phi) is 4.86. The predicted octanol–water partition coefficient (Wildman–Crippen LogP) is 2.66. The standard InChI is InChI=1S/C11H22OSi2/c1-13(2,3)10-8-11(7-9-12)14(4,5)6/h7,12H,9H2,1-6H3/b11-7-. The summed E-state index contributed by atoms with van der Waals surface area (Å²) >= 11 is 0. The van der Waals surface area contributed by atoms with Crippen LogP contribution in [0.5, 0.6) is 0 Å². The second kappa shape index (κ2) is 4.97. The van der Waals surface area contributed by atoms with E-state index in [0.717, 1.165) is 0 Å². The molecule has 0 heterocycles. The zero-order valence-electron chi connectivity index (χ0n) is 10.2. The molecule has 3 heteroatoms. The van der Waals surface area contributed by atoms with E-state index in [-0.39, 0.29) is 6.61 Å². The lowest BCUT2D eigenvalue weighted by atomic mass is 10.5. The Hall–Kier alpha value is -0.306. The highest BCUT2D eigenvalue weighted by atomic mass is 28.3. The third-order valence-corrected chi connectivity index (χ3v) is 4.50. The number of aliphatic hydroxyl groups excluding tert-OH is 1. The summed E-state index contributed by atoms with van der Waals surface area (Å²) in [4.78, 5) is 0. The van der Waals surface area contributed by atoms with Crippen LogP contribution in [-0.4, -0.2) is 27.9 Å². The van der Waals surface area contributed by atoms with E-state index >= 15 is 0 Å². The summed E-state index contributed by atoms with van der Waals surface area (Å²) in [7, 11) is -2.65. The number of hydrogen-bond donors (Lipinski definition) is 1. The van der Waals surface area contributed by atoms with Crippen LogP contribution in [0.15, 0.2) is 11.3 Å². The summed E-state index contributed by atoms with van der Waals surface area (Å²) in [5.41, 5.74) is 3.36. The van der Waals surface area contributed by atoms with E-state index in [1.807, 2.05) is 6.08 Å². The number of allylic oxidation sites excluding steroid dienone is 1. The largest absolute Gasteiger partial charge is 0.392 e.